The third-order valence-corrected chi connectivity index (χ3v) is 6.94. The van der Waals surface area contributed by atoms with E-state index < -0.39 is 0 Å². The van der Waals surface area contributed by atoms with Crippen molar-refractivity contribution in [2.75, 3.05) is 11.9 Å². The van der Waals surface area contributed by atoms with Gasteiger partial charge in [-0.2, -0.15) is 0 Å². The van der Waals surface area contributed by atoms with Crippen molar-refractivity contribution in [3.63, 3.8) is 0 Å². The molecule has 0 saturated heterocycles. The number of pyridine rings is 1. The van der Waals surface area contributed by atoms with Crippen LogP contribution < -0.4 is 14.8 Å². The van der Waals surface area contributed by atoms with E-state index in [2.05, 4.69) is 40.0 Å². The molecule has 0 fully saturated rings. The van der Waals surface area contributed by atoms with Gasteiger partial charge in [-0.25, -0.2) is 4.98 Å². The number of anilines is 1. The first kappa shape index (κ1) is 19.3. The Balaban J connectivity index is 1.21. The Kier molecular flexibility index (Phi) is 4.76. The minimum absolute atomic E-state index is 0.00864. The van der Waals surface area contributed by atoms with Crippen LogP contribution in [0.15, 0.2) is 59.0 Å². The number of nitrogens with zero attached hydrogens (tertiary/aromatic N) is 2. The Morgan fingerprint density at radius 2 is 2.16 bits per heavy atom. The van der Waals surface area contributed by atoms with Gasteiger partial charge in [0.25, 0.3) is 0 Å². The highest BCUT2D eigenvalue weighted by Crippen LogP contribution is 2.37. The number of fused-ring (bicyclic) bond motifs is 2. The molecule has 3 aromatic rings. The van der Waals surface area contributed by atoms with Crippen molar-refractivity contribution < 1.29 is 14.3 Å². The molecule has 1 unspecified atom stereocenters. The largest absolute Gasteiger partial charge is 0.493 e. The number of hydrogen-bond acceptors (Lipinski definition) is 6. The van der Waals surface area contributed by atoms with Crippen molar-refractivity contribution in [2.24, 2.45) is 10.9 Å². The van der Waals surface area contributed by atoms with Gasteiger partial charge in [0.1, 0.15) is 23.1 Å². The van der Waals surface area contributed by atoms with Crippen molar-refractivity contribution in [2.45, 2.75) is 25.7 Å². The highest BCUT2D eigenvalue weighted by Gasteiger charge is 2.27. The fourth-order valence-electron chi connectivity index (χ4n) is 4.41. The van der Waals surface area contributed by atoms with E-state index in [1.54, 1.807) is 17.5 Å². The minimum atomic E-state index is -0.00864. The third-order valence-electron chi connectivity index (χ3n) is 6.05. The maximum Gasteiger partial charge on any atom is 0.225 e. The number of ether oxygens (including phenoxy) is 2. The first-order chi connectivity index (χ1) is 15.7. The highest BCUT2D eigenvalue weighted by atomic mass is 32.1. The summed E-state index contributed by atoms with van der Waals surface area (Å²) < 4.78 is 12.3. The zero-order chi connectivity index (χ0) is 21.5. The first-order valence-electron chi connectivity index (χ1n) is 10.8. The van der Waals surface area contributed by atoms with Crippen LogP contribution in [-0.4, -0.2) is 23.2 Å². The Morgan fingerprint density at radius 1 is 1.19 bits per heavy atom. The smallest absolute Gasteiger partial charge is 0.225 e. The lowest BCUT2D eigenvalue weighted by molar-refractivity contribution is -0.116. The molecule has 0 aliphatic carbocycles. The molecular formula is C25H21N3O3S. The summed E-state index contributed by atoms with van der Waals surface area (Å²) in [5.74, 6) is 3.23. The standard InChI is InChI=1S/C25H21N3O3S/c29-24-8-4-18-22(9-10-26-25(18)28-24)31-17-3-7-21-15(13-17)12-16(14-30-21)19-5-6-20(27-19)23-2-1-11-32-23/h1-3,6-7,9-11,13,16H,4-5,8,12,14H2,(H,26,28,29). The van der Waals surface area contributed by atoms with Crippen molar-refractivity contribution >= 4 is 34.5 Å². The summed E-state index contributed by atoms with van der Waals surface area (Å²) in [6.07, 6.45) is 6.69. The van der Waals surface area contributed by atoms with E-state index in [9.17, 15) is 4.79 Å². The van der Waals surface area contributed by atoms with Gasteiger partial charge in [-0.3, -0.25) is 9.79 Å². The number of carbonyl (C=O) groups excluding carboxylic acids is 1. The van der Waals surface area contributed by atoms with Gasteiger partial charge >= 0.3 is 0 Å². The van der Waals surface area contributed by atoms with Crippen molar-refractivity contribution in [3.8, 4) is 17.2 Å². The number of aliphatic imine (C=N–C) groups is 1. The lowest BCUT2D eigenvalue weighted by atomic mass is 9.91. The molecule has 5 heterocycles. The number of thiophene rings is 1. The van der Waals surface area contributed by atoms with Crippen LogP contribution in [0.4, 0.5) is 5.82 Å². The van der Waals surface area contributed by atoms with Gasteiger partial charge in [-0.1, -0.05) is 12.1 Å². The van der Waals surface area contributed by atoms with Gasteiger partial charge in [0.05, 0.1) is 17.2 Å². The molecule has 3 aliphatic heterocycles. The van der Waals surface area contributed by atoms with E-state index >= 15 is 0 Å². The summed E-state index contributed by atoms with van der Waals surface area (Å²) in [4.78, 5) is 22.1. The number of rotatable bonds is 4. The Labute approximate surface area is 189 Å². The summed E-state index contributed by atoms with van der Waals surface area (Å²) in [7, 11) is 0. The van der Waals surface area contributed by atoms with E-state index in [0.717, 1.165) is 46.9 Å². The van der Waals surface area contributed by atoms with Gasteiger partial charge < -0.3 is 14.8 Å². The molecule has 0 radical (unpaired) electrons. The molecule has 6 nitrogen and oxygen atoms in total. The molecular weight excluding hydrogens is 422 g/mol. The van der Waals surface area contributed by atoms with Gasteiger partial charge in [-0.15, -0.1) is 11.3 Å². The van der Waals surface area contributed by atoms with E-state index in [1.807, 2.05) is 18.2 Å². The average Bonchev–Trinajstić information content (AvgIpc) is 3.51. The predicted octanol–water partition coefficient (Wildman–Crippen LogP) is 5.26. The number of aromatic nitrogens is 1. The van der Waals surface area contributed by atoms with E-state index in [1.165, 1.54) is 10.6 Å². The molecule has 0 saturated carbocycles. The Morgan fingerprint density at radius 3 is 3.06 bits per heavy atom. The number of amides is 1. The number of hydrogen-bond donors (Lipinski definition) is 1. The first-order valence-corrected chi connectivity index (χ1v) is 11.6. The van der Waals surface area contributed by atoms with E-state index in [0.29, 0.717) is 25.3 Å². The highest BCUT2D eigenvalue weighted by molar-refractivity contribution is 7.11. The molecule has 7 heteroatoms. The number of nitrogens with one attached hydrogen (secondary N) is 1. The molecule has 160 valence electrons. The lowest BCUT2D eigenvalue weighted by Crippen LogP contribution is -2.27. The molecule has 6 rings (SSSR count). The fraction of sp³-hybridized carbons (Fsp3) is 0.240. The zero-order valence-electron chi connectivity index (χ0n) is 17.3. The summed E-state index contributed by atoms with van der Waals surface area (Å²) >= 11 is 1.72. The average molecular weight is 444 g/mol. The Bertz CT molecular complexity index is 1260. The van der Waals surface area contributed by atoms with Crippen LogP contribution in [-0.2, 0) is 17.6 Å². The van der Waals surface area contributed by atoms with Crippen LogP contribution in [0.25, 0.3) is 5.70 Å². The summed E-state index contributed by atoms with van der Waals surface area (Å²) in [6.45, 7) is 0.648. The van der Waals surface area contributed by atoms with Crippen LogP contribution >= 0.6 is 11.3 Å². The molecule has 1 amide bonds. The van der Waals surface area contributed by atoms with Crippen LogP contribution in [0.1, 0.15) is 28.8 Å². The quantitative estimate of drug-likeness (QED) is 0.597. The van der Waals surface area contributed by atoms with Gasteiger partial charge in [0, 0.05) is 36.2 Å². The normalized spacial score (nSPS) is 19.2. The summed E-state index contributed by atoms with van der Waals surface area (Å²) in [6, 6.07) is 12.0. The second kappa shape index (κ2) is 7.91. The SMILES string of the molecule is O=C1CCc2c(Oc3ccc4c(c3)CC(C3=NC(c5cccs5)=CC3)CO4)ccnc2N1. The van der Waals surface area contributed by atoms with Gasteiger partial charge in [0.2, 0.25) is 5.91 Å². The topological polar surface area (TPSA) is 72.8 Å². The van der Waals surface area contributed by atoms with Crippen molar-refractivity contribution in [1.29, 1.82) is 0 Å². The molecule has 0 bridgehead atoms. The maximum atomic E-state index is 11.7. The molecule has 1 atom stereocenters. The van der Waals surface area contributed by atoms with Gasteiger partial charge in [0.15, 0.2) is 0 Å². The molecule has 32 heavy (non-hydrogen) atoms. The van der Waals surface area contributed by atoms with Crippen LogP contribution in [0.5, 0.6) is 17.2 Å². The summed E-state index contributed by atoms with van der Waals surface area (Å²) in [5.41, 5.74) is 4.32. The summed E-state index contributed by atoms with van der Waals surface area (Å²) in [5, 5.41) is 4.90. The second-order valence-corrected chi connectivity index (χ2v) is 9.09. The van der Waals surface area contributed by atoms with Crippen molar-refractivity contribution in [3.05, 3.63) is 70.1 Å². The Hall–Kier alpha value is -3.45. The number of carbonyl (C=O) groups is 1. The van der Waals surface area contributed by atoms with Crippen LogP contribution in [0.2, 0.25) is 0 Å². The second-order valence-electron chi connectivity index (χ2n) is 8.14. The molecule has 3 aliphatic rings. The minimum Gasteiger partial charge on any atom is -0.493 e. The van der Waals surface area contributed by atoms with Crippen LogP contribution in [0, 0.1) is 5.92 Å². The fourth-order valence-corrected chi connectivity index (χ4v) is 5.12. The van der Waals surface area contributed by atoms with Gasteiger partial charge in [-0.05, 0) is 54.1 Å². The molecule has 0 spiro atoms. The third kappa shape index (κ3) is 3.58. The predicted molar refractivity (Wildman–Crippen MR) is 125 cm³/mol. The van der Waals surface area contributed by atoms with E-state index in [-0.39, 0.29) is 11.8 Å². The van der Waals surface area contributed by atoms with E-state index in [4.69, 9.17) is 14.5 Å². The monoisotopic (exact) mass is 443 g/mol. The maximum absolute atomic E-state index is 11.7. The number of allylic oxidation sites excluding steroid dienone is 1. The molecule has 1 aromatic carbocycles. The lowest BCUT2D eigenvalue weighted by Gasteiger charge is -2.26. The van der Waals surface area contributed by atoms with Crippen LogP contribution in [0.3, 0.4) is 0 Å². The number of benzene rings is 1. The molecule has 2 aromatic heterocycles. The molecule has 1 N–H and O–H groups in total. The van der Waals surface area contributed by atoms with Crippen molar-refractivity contribution in [1.82, 2.24) is 4.98 Å². The zero-order valence-corrected chi connectivity index (χ0v) is 18.2.